The maximum Gasteiger partial charge on any atom is 0.305 e. The zero-order chi connectivity index (χ0) is 15.6. The van der Waals surface area contributed by atoms with E-state index in [0.717, 1.165) is 44.3 Å². The summed E-state index contributed by atoms with van der Waals surface area (Å²) in [5, 5.41) is 9.16. The average Bonchev–Trinajstić information content (AvgIpc) is 2.61. The quantitative estimate of drug-likeness (QED) is 0.850. The van der Waals surface area contributed by atoms with Crippen molar-refractivity contribution >= 4 is 5.97 Å². The second kappa shape index (κ2) is 6.01. The Balaban J connectivity index is 1.67. The molecule has 22 heavy (non-hydrogen) atoms. The summed E-state index contributed by atoms with van der Waals surface area (Å²) >= 11 is 0. The van der Waals surface area contributed by atoms with Crippen LogP contribution in [0.5, 0.6) is 0 Å². The Labute approximate surface area is 131 Å². The number of methoxy groups -OCH3 is 1. The first-order chi connectivity index (χ1) is 10.6. The van der Waals surface area contributed by atoms with E-state index in [0.29, 0.717) is 6.42 Å². The number of aliphatic hydroxyl groups is 1. The minimum absolute atomic E-state index is 0.0742. The number of ether oxygens (including phenoxy) is 2. The maximum atomic E-state index is 11.4. The molecule has 0 amide bonds. The molecule has 0 atom stereocenters. The van der Waals surface area contributed by atoms with E-state index in [-0.39, 0.29) is 23.6 Å². The molecule has 3 aliphatic rings. The summed E-state index contributed by atoms with van der Waals surface area (Å²) in [5.41, 5.74) is 2.13. The van der Waals surface area contributed by atoms with Gasteiger partial charge >= 0.3 is 5.97 Å². The molecule has 1 aliphatic carbocycles. The highest BCUT2D eigenvalue weighted by Gasteiger charge is 2.50. The fourth-order valence-electron chi connectivity index (χ4n) is 3.84. The van der Waals surface area contributed by atoms with Crippen LogP contribution in [0.15, 0.2) is 24.3 Å². The minimum atomic E-state index is -0.166. The summed E-state index contributed by atoms with van der Waals surface area (Å²) < 4.78 is 11.0. The fourth-order valence-corrected chi connectivity index (χ4v) is 3.84. The highest BCUT2D eigenvalue weighted by Crippen LogP contribution is 2.55. The molecule has 1 aromatic rings. The van der Waals surface area contributed by atoms with Crippen molar-refractivity contribution in [3.8, 4) is 0 Å². The molecule has 3 fully saturated rings. The second-order valence-corrected chi connectivity index (χ2v) is 6.71. The van der Waals surface area contributed by atoms with E-state index < -0.39 is 0 Å². The fraction of sp³-hybridized carbons (Fsp3) is 0.611. The van der Waals surface area contributed by atoms with Crippen LogP contribution < -0.4 is 0 Å². The lowest BCUT2D eigenvalue weighted by atomic mass is 9.62. The summed E-state index contributed by atoms with van der Waals surface area (Å²) in [6, 6.07) is 8.11. The third-order valence-electron chi connectivity index (χ3n) is 5.52. The van der Waals surface area contributed by atoms with Crippen molar-refractivity contribution in [2.24, 2.45) is 5.41 Å². The number of benzene rings is 1. The van der Waals surface area contributed by atoms with Gasteiger partial charge in [0.25, 0.3) is 0 Å². The van der Waals surface area contributed by atoms with Crippen LogP contribution in [-0.4, -0.2) is 24.8 Å². The average molecular weight is 304 g/mol. The molecule has 2 saturated heterocycles. The summed E-state index contributed by atoms with van der Waals surface area (Å²) in [6.07, 6.45) is 5.56. The second-order valence-electron chi connectivity index (χ2n) is 6.71. The van der Waals surface area contributed by atoms with Crippen molar-refractivity contribution in [3.63, 3.8) is 0 Å². The molecule has 1 N–H and O–H groups in total. The van der Waals surface area contributed by atoms with Gasteiger partial charge in [-0.1, -0.05) is 24.3 Å². The number of rotatable bonds is 5. The van der Waals surface area contributed by atoms with Crippen LogP contribution in [0.25, 0.3) is 0 Å². The van der Waals surface area contributed by atoms with Gasteiger partial charge in [-0.05, 0) is 48.6 Å². The largest absolute Gasteiger partial charge is 0.469 e. The molecule has 4 rings (SSSR count). The molecule has 2 aliphatic heterocycles. The predicted molar refractivity (Wildman–Crippen MR) is 82.1 cm³/mol. The van der Waals surface area contributed by atoms with E-state index in [1.807, 2.05) is 12.1 Å². The van der Waals surface area contributed by atoms with Crippen LogP contribution >= 0.6 is 0 Å². The predicted octanol–water partition coefficient (Wildman–Crippen LogP) is 2.92. The van der Waals surface area contributed by atoms with E-state index in [4.69, 9.17) is 14.6 Å². The monoisotopic (exact) mass is 304 g/mol. The Bertz CT molecular complexity index is 510. The molecular weight excluding hydrogens is 280 g/mol. The van der Waals surface area contributed by atoms with Gasteiger partial charge in [0.05, 0.1) is 25.9 Å². The van der Waals surface area contributed by atoms with Crippen molar-refractivity contribution < 1.29 is 19.4 Å². The molecule has 2 bridgehead atoms. The van der Waals surface area contributed by atoms with Crippen LogP contribution in [0.1, 0.15) is 49.7 Å². The normalized spacial score (nSPS) is 30.3. The van der Waals surface area contributed by atoms with Crippen molar-refractivity contribution in [3.05, 3.63) is 35.4 Å². The lowest BCUT2D eigenvalue weighted by Gasteiger charge is -2.53. The Morgan fingerprint density at radius 3 is 2.41 bits per heavy atom. The number of hydrogen-bond acceptors (Lipinski definition) is 4. The Morgan fingerprint density at radius 1 is 1.23 bits per heavy atom. The van der Waals surface area contributed by atoms with E-state index in [1.165, 1.54) is 12.7 Å². The first kappa shape index (κ1) is 15.5. The van der Waals surface area contributed by atoms with E-state index >= 15 is 0 Å². The van der Waals surface area contributed by atoms with Crippen LogP contribution in [0, 0.1) is 5.41 Å². The highest BCUT2D eigenvalue weighted by molar-refractivity contribution is 5.69. The molecule has 0 radical (unpaired) electrons. The van der Waals surface area contributed by atoms with Crippen molar-refractivity contribution in [1.29, 1.82) is 0 Å². The minimum Gasteiger partial charge on any atom is -0.469 e. The van der Waals surface area contributed by atoms with Crippen LogP contribution in [0.2, 0.25) is 0 Å². The topological polar surface area (TPSA) is 55.8 Å². The van der Waals surface area contributed by atoms with Crippen molar-refractivity contribution in [1.82, 2.24) is 0 Å². The Morgan fingerprint density at radius 2 is 1.91 bits per heavy atom. The number of carbonyl (C=O) groups is 1. The first-order valence-corrected chi connectivity index (χ1v) is 8.03. The third kappa shape index (κ3) is 2.77. The lowest BCUT2D eigenvalue weighted by molar-refractivity contribution is -0.192. The molecule has 4 heteroatoms. The van der Waals surface area contributed by atoms with Gasteiger partial charge in [-0.15, -0.1) is 0 Å². The van der Waals surface area contributed by atoms with Crippen LogP contribution in [-0.2, 0) is 26.5 Å². The molecule has 120 valence electrons. The Hall–Kier alpha value is -1.39. The van der Waals surface area contributed by atoms with Gasteiger partial charge in [0.1, 0.15) is 0 Å². The molecular formula is C18H24O4. The number of fused-ring (bicyclic) bond motifs is 3. The zero-order valence-electron chi connectivity index (χ0n) is 13.1. The lowest BCUT2D eigenvalue weighted by Crippen LogP contribution is -2.49. The molecule has 0 unspecified atom stereocenters. The summed E-state index contributed by atoms with van der Waals surface area (Å²) in [5.74, 6) is -0.128. The molecule has 1 saturated carbocycles. The van der Waals surface area contributed by atoms with Gasteiger partial charge in [-0.2, -0.15) is 0 Å². The number of carbonyl (C=O) groups excluding carboxylic acids is 1. The summed E-state index contributed by atoms with van der Waals surface area (Å²) in [7, 11) is 1.44. The van der Waals surface area contributed by atoms with Gasteiger partial charge in [-0.25, -0.2) is 0 Å². The number of hydrogen-bond donors (Lipinski definition) is 1. The zero-order valence-corrected chi connectivity index (χ0v) is 13.1. The number of esters is 1. The molecule has 2 heterocycles. The van der Waals surface area contributed by atoms with Crippen LogP contribution in [0.3, 0.4) is 0 Å². The maximum absolute atomic E-state index is 11.4. The summed E-state index contributed by atoms with van der Waals surface area (Å²) in [4.78, 5) is 11.4. The van der Waals surface area contributed by atoms with E-state index in [1.54, 1.807) is 0 Å². The highest BCUT2D eigenvalue weighted by atomic mass is 16.5. The van der Waals surface area contributed by atoms with Gasteiger partial charge in [0.15, 0.2) is 0 Å². The van der Waals surface area contributed by atoms with Gasteiger partial charge in [0.2, 0.25) is 0 Å². The Kier molecular flexibility index (Phi) is 4.24. The van der Waals surface area contributed by atoms with Crippen molar-refractivity contribution in [2.45, 2.75) is 50.7 Å². The molecule has 0 spiro atoms. The SMILES string of the molecule is COC(=O)CCC12CCC(c3ccc(CO)cc3)(CC1)OC2. The van der Waals surface area contributed by atoms with Crippen LogP contribution in [0.4, 0.5) is 0 Å². The standard InChI is InChI=1S/C18H24O4/c1-21-16(20)6-7-17-8-10-18(11-9-17,22-13-17)15-4-2-14(12-19)3-5-15/h2-5,19H,6-13H2,1H3. The van der Waals surface area contributed by atoms with Crippen molar-refractivity contribution in [2.75, 3.05) is 13.7 Å². The number of aliphatic hydroxyl groups excluding tert-OH is 1. The molecule has 0 aromatic heterocycles. The smallest absolute Gasteiger partial charge is 0.305 e. The molecule has 1 aromatic carbocycles. The molecule has 4 nitrogen and oxygen atoms in total. The van der Waals surface area contributed by atoms with Gasteiger partial charge in [0, 0.05) is 6.42 Å². The third-order valence-corrected chi connectivity index (χ3v) is 5.52. The van der Waals surface area contributed by atoms with E-state index in [2.05, 4.69) is 12.1 Å². The van der Waals surface area contributed by atoms with Gasteiger partial charge in [-0.3, -0.25) is 4.79 Å². The van der Waals surface area contributed by atoms with E-state index in [9.17, 15) is 4.79 Å². The summed E-state index contributed by atoms with van der Waals surface area (Å²) in [6.45, 7) is 0.802. The first-order valence-electron chi connectivity index (χ1n) is 8.03. The van der Waals surface area contributed by atoms with Gasteiger partial charge < -0.3 is 14.6 Å².